The van der Waals surface area contributed by atoms with E-state index in [2.05, 4.69) is 24.1 Å². The molecule has 2 bridgehead atoms. The maximum Gasteiger partial charge on any atom is 0.0314 e. The monoisotopic (exact) mass is 230 g/mol. The standard InChI is InChI=1S/C15H22N2/c1-17-14-7-4-12(15(17)9-8-14)10-11-2-5-13(16)6-3-11/h2-3,5-6,12,14-15H,4,7-10,16H2,1H3/t12-,14-,15+/m0/s1. The van der Waals surface area contributed by atoms with Gasteiger partial charge in [0.1, 0.15) is 0 Å². The Kier molecular flexibility index (Phi) is 2.83. The van der Waals surface area contributed by atoms with Crippen LogP contribution in [0, 0.1) is 5.92 Å². The van der Waals surface area contributed by atoms with Gasteiger partial charge < -0.3 is 10.6 Å². The van der Waals surface area contributed by atoms with E-state index < -0.39 is 0 Å². The molecule has 0 amide bonds. The molecule has 0 aliphatic carbocycles. The highest BCUT2D eigenvalue weighted by Crippen LogP contribution is 2.39. The lowest BCUT2D eigenvalue weighted by atomic mass is 9.85. The van der Waals surface area contributed by atoms with Crippen molar-refractivity contribution >= 4 is 5.69 Å². The summed E-state index contributed by atoms with van der Waals surface area (Å²) in [5.41, 5.74) is 8.05. The average molecular weight is 230 g/mol. The fourth-order valence-corrected chi connectivity index (χ4v) is 3.75. The Labute approximate surface area is 104 Å². The second-order valence-corrected chi connectivity index (χ2v) is 5.75. The molecule has 0 saturated carbocycles. The van der Waals surface area contributed by atoms with Crippen molar-refractivity contribution in [3.8, 4) is 0 Å². The number of nitrogens with two attached hydrogens (primary N) is 1. The van der Waals surface area contributed by atoms with Gasteiger partial charge in [-0.3, -0.25) is 0 Å². The summed E-state index contributed by atoms with van der Waals surface area (Å²) in [4.78, 5) is 2.63. The number of benzene rings is 1. The topological polar surface area (TPSA) is 29.3 Å². The van der Waals surface area contributed by atoms with Crippen molar-refractivity contribution in [3.05, 3.63) is 29.8 Å². The smallest absolute Gasteiger partial charge is 0.0314 e. The van der Waals surface area contributed by atoms with Crippen molar-refractivity contribution in [3.63, 3.8) is 0 Å². The summed E-state index contributed by atoms with van der Waals surface area (Å²) in [5, 5.41) is 0. The fourth-order valence-electron chi connectivity index (χ4n) is 3.75. The van der Waals surface area contributed by atoms with E-state index in [9.17, 15) is 0 Å². The SMILES string of the molecule is CN1[C@H]2CC[C@@H](Cc3ccc(N)cc3)[C@H]1CC2. The van der Waals surface area contributed by atoms with E-state index in [1.165, 1.54) is 37.7 Å². The van der Waals surface area contributed by atoms with Crippen molar-refractivity contribution in [2.24, 2.45) is 5.92 Å². The molecule has 2 N–H and O–H groups in total. The van der Waals surface area contributed by atoms with Gasteiger partial charge in [-0.05, 0) is 62.8 Å². The van der Waals surface area contributed by atoms with Crippen LogP contribution in [0.2, 0.25) is 0 Å². The van der Waals surface area contributed by atoms with Crippen LogP contribution >= 0.6 is 0 Å². The molecule has 1 aromatic carbocycles. The summed E-state index contributed by atoms with van der Waals surface area (Å²) in [7, 11) is 2.32. The van der Waals surface area contributed by atoms with E-state index in [0.29, 0.717) is 0 Å². The summed E-state index contributed by atoms with van der Waals surface area (Å²) in [6, 6.07) is 10.1. The number of anilines is 1. The Morgan fingerprint density at radius 2 is 1.82 bits per heavy atom. The van der Waals surface area contributed by atoms with Crippen LogP contribution < -0.4 is 5.73 Å². The van der Waals surface area contributed by atoms with Crippen molar-refractivity contribution in [2.45, 2.75) is 44.2 Å². The van der Waals surface area contributed by atoms with E-state index in [0.717, 1.165) is 23.7 Å². The van der Waals surface area contributed by atoms with Crippen LogP contribution in [0.1, 0.15) is 31.2 Å². The summed E-state index contributed by atoms with van der Waals surface area (Å²) in [5.74, 6) is 0.849. The van der Waals surface area contributed by atoms with Gasteiger partial charge in [0.25, 0.3) is 0 Å². The molecule has 0 radical (unpaired) electrons. The molecule has 1 aromatic rings. The quantitative estimate of drug-likeness (QED) is 0.791. The maximum absolute atomic E-state index is 5.73. The lowest BCUT2D eigenvalue weighted by Crippen LogP contribution is -2.42. The molecule has 2 fully saturated rings. The molecule has 3 atom stereocenters. The second-order valence-electron chi connectivity index (χ2n) is 5.75. The zero-order valence-electron chi connectivity index (χ0n) is 10.6. The summed E-state index contributed by atoms with van der Waals surface area (Å²) < 4.78 is 0. The Bertz CT molecular complexity index is 384. The summed E-state index contributed by atoms with van der Waals surface area (Å²) >= 11 is 0. The number of nitrogens with zero attached hydrogens (tertiary/aromatic N) is 1. The first kappa shape index (κ1) is 11.1. The highest BCUT2D eigenvalue weighted by atomic mass is 15.2. The molecule has 0 unspecified atom stereocenters. The number of hydrogen-bond donors (Lipinski definition) is 1. The third-order valence-corrected chi connectivity index (χ3v) is 4.79. The first-order valence-corrected chi connectivity index (χ1v) is 6.80. The van der Waals surface area contributed by atoms with Crippen LogP contribution in [0.25, 0.3) is 0 Å². The van der Waals surface area contributed by atoms with Crippen LogP contribution in [0.5, 0.6) is 0 Å². The molecule has 3 rings (SSSR count). The van der Waals surface area contributed by atoms with Gasteiger partial charge in [0.2, 0.25) is 0 Å². The van der Waals surface area contributed by atoms with Crippen LogP contribution in [0.3, 0.4) is 0 Å². The third-order valence-electron chi connectivity index (χ3n) is 4.79. The fraction of sp³-hybridized carbons (Fsp3) is 0.600. The van der Waals surface area contributed by atoms with Crippen LogP contribution in [0.4, 0.5) is 5.69 Å². The molecule has 0 spiro atoms. The lowest BCUT2D eigenvalue weighted by Gasteiger charge is -2.37. The molecular formula is C15H22N2. The van der Waals surface area contributed by atoms with E-state index in [1.54, 1.807) is 0 Å². The molecule has 92 valence electrons. The Balaban J connectivity index is 1.71. The number of piperidine rings is 1. The molecular weight excluding hydrogens is 208 g/mol. The van der Waals surface area contributed by atoms with E-state index in [1.807, 2.05) is 12.1 Å². The Morgan fingerprint density at radius 3 is 2.59 bits per heavy atom. The molecule has 2 aliphatic heterocycles. The van der Waals surface area contributed by atoms with E-state index in [-0.39, 0.29) is 0 Å². The molecule has 2 nitrogen and oxygen atoms in total. The third kappa shape index (κ3) is 2.06. The summed E-state index contributed by atoms with van der Waals surface area (Å²) in [6.45, 7) is 0. The highest BCUT2D eigenvalue weighted by molar-refractivity contribution is 5.39. The van der Waals surface area contributed by atoms with Crippen LogP contribution in [-0.4, -0.2) is 24.0 Å². The van der Waals surface area contributed by atoms with Gasteiger partial charge in [0.05, 0.1) is 0 Å². The van der Waals surface area contributed by atoms with E-state index >= 15 is 0 Å². The van der Waals surface area contributed by atoms with E-state index in [4.69, 9.17) is 5.73 Å². The number of fused-ring (bicyclic) bond motifs is 2. The van der Waals surface area contributed by atoms with Crippen molar-refractivity contribution in [2.75, 3.05) is 12.8 Å². The molecule has 2 heteroatoms. The average Bonchev–Trinajstić information content (AvgIpc) is 2.57. The van der Waals surface area contributed by atoms with Crippen LogP contribution in [-0.2, 0) is 6.42 Å². The minimum Gasteiger partial charge on any atom is -0.399 e. The van der Waals surface area contributed by atoms with Crippen molar-refractivity contribution in [1.29, 1.82) is 0 Å². The second kappa shape index (κ2) is 4.34. The minimum atomic E-state index is 0.825. The maximum atomic E-state index is 5.73. The Hall–Kier alpha value is -1.02. The van der Waals surface area contributed by atoms with Gasteiger partial charge in [0, 0.05) is 17.8 Å². The van der Waals surface area contributed by atoms with Gasteiger partial charge in [0.15, 0.2) is 0 Å². The van der Waals surface area contributed by atoms with Crippen molar-refractivity contribution in [1.82, 2.24) is 4.90 Å². The first-order chi connectivity index (χ1) is 8.24. The van der Waals surface area contributed by atoms with Gasteiger partial charge in [-0.2, -0.15) is 0 Å². The molecule has 2 saturated heterocycles. The van der Waals surface area contributed by atoms with Gasteiger partial charge >= 0.3 is 0 Å². The predicted octanol–water partition coefficient (Wildman–Crippen LogP) is 2.68. The van der Waals surface area contributed by atoms with Gasteiger partial charge in [-0.15, -0.1) is 0 Å². The number of nitrogen functional groups attached to an aromatic ring is 1. The Morgan fingerprint density at radius 1 is 1.12 bits per heavy atom. The van der Waals surface area contributed by atoms with Gasteiger partial charge in [-0.1, -0.05) is 12.1 Å². The summed E-state index contributed by atoms with van der Waals surface area (Å²) in [6.07, 6.45) is 6.85. The molecule has 17 heavy (non-hydrogen) atoms. The predicted molar refractivity (Wildman–Crippen MR) is 71.9 cm³/mol. The van der Waals surface area contributed by atoms with Gasteiger partial charge in [-0.25, -0.2) is 0 Å². The molecule has 2 heterocycles. The molecule has 0 aromatic heterocycles. The van der Waals surface area contributed by atoms with Crippen molar-refractivity contribution < 1.29 is 0 Å². The first-order valence-electron chi connectivity index (χ1n) is 6.80. The largest absolute Gasteiger partial charge is 0.399 e. The zero-order valence-corrected chi connectivity index (χ0v) is 10.6. The number of hydrogen-bond acceptors (Lipinski definition) is 2. The normalized spacial score (nSPS) is 32.9. The zero-order chi connectivity index (χ0) is 11.8. The van der Waals surface area contributed by atoms with Crippen LogP contribution in [0.15, 0.2) is 24.3 Å². The molecule has 2 aliphatic rings. The highest BCUT2D eigenvalue weighted by Gasteiger charge is 2.39. The lowest BCUT2D eigenvalue weighted by molar-refractivity contribution is 0.120. The minimum absolute atomic E-state index is 0.825. The number of rotatable bonds is 2.